The molecule has 0 spiro atoms. The average Bonchev–Trinajstić information content (AvgIpc) is 2.47. The molecule has 1 aromatic rings. The summed E-state index contributed by atoms with van der Waals surface area (Å²) in [5.74, 6) is -0.429. The second-order valence-electron chi connectivity index (χ2n) is 4.75. The van der Waals surface area contributed by atoms with E-state index in [0.717, 1.165) is 13.1 Å². The summed E-state index contributed by atoms with van der Waals surface area (Å²) in [6.45, 7) is 3.59. The molecule has 0 saturated carbocycles. The standard InChI is InChI=1S/C15H19FN2O2/c16-14-4-2-1-3-13(14)5-6-15(20)18-9-7-17(8-10-18)11-12-19/h1-6,19H,7-12H2/b6-5+. The molecule has 1 aliphatic heterocycles. The van der Waals surface area contributed by atoms with Gasteiger partial charge in [0.25, 0.3) is 0 Å². The van der Waals surface area contributed by atoms with Crippen LogP contribution in [0.15, 0.2) is 30.3 Å². The van der Waals surface area contributed by atoms with Crippen LogP contribution in [0.2, 0.25) is 0 Å². The van der Waals surface area contributed by atoms with Gasteiger partial charge in [0.15, 0.2) is 0 Å². The van der Waals surface area contributed by atoms with Crippen LogP contribution in [0.25, 0.3) is 6.08 Å². The fourth-order valence-electron chi connectivity index (χ4n) is 2.21. The SMILES string of the molecule is O=C(/C=C/c1ccccc1F)N1CCN(CCO)CC1. The molecule has 1 heterocycles. The first-order valence-electron chi connectivity index (χ1n) is 6.75. The zero-order valence-electron chi connectivity index (χ0n) is 11.3. The number of carbonyl (C=O) groups is 1. The molecule has 1 aromatic carbocycles. The fourth-order valence-corrected chi connectivity index (χ4v) is 2.21. The highest BCUT2D eigenvalue weighted by molar-refractivity contribution is 5.91. The Morgan fingerprint density at radius 1 is 1.25 bits per heavy atom. The Hall–Kier alpha value is -1.72. The lowest BCUT2D eigenvalue weighted by Crippen LogP contribution is -2.48. The van der Waals surface area contributed by atoms with Gasteiger partial charge in [-0.2, -0.15) is 0 Å². The minimum Gasteiger partial charge on any atom is -0.395 e. The maximum absolute atomic E-state index is 13.4. The molecular formula is C15H19FN2O2. The van der Waals surface area contributed by atoms with Gasteiger partial charge in [0.05, 0.1) is 6.61 Å². The topological polar surface area (TPSA) is 43.8 Å². The highest BCUT2D eigenvalue weighted by Crippen LogP contribution is 2.09. The van der Waals surface area contributed by atoms with E-state index in [1.807, 2.05) is 0 Å². The van der Waals surface area contributed by atoms with Gasteiger partial charge < -0.3 is 10.0 Å². The second-order valence-corrected chi connectivity index (χ2v) is 4.75. The molecule has 0 atom stereocenters. The Labute approximate surface area is 118 Å². The van der Waals surface area contributed by atoms with Crippen molar-refractivity contribution in [3.63, 3.8) is 0 Å². The number of aliphatic hydroxyl groups excluding tert-OH is 1. The van der Waals surface area contributed by atoms with Crippen molar-refractivity contribution < 1.29 is 14.3 Å². The van der Waals surface area contributed by atoms with Crippen molar-refractivity contribution in [1.82, 2.24) is 9.80 Å². The van der Waals surface area contributed by atoms with Crippen molar-refractivity contribution in [2.24, 2.45) is 0 Å². The van der Waals surface area contributed by atoms with Crippen molar-refractivity contribution in [2.75, 3.05) is 39.3 Å². The number of rotatable bonds is 4. The van der Waals surface area contributed by atoms with E-state index in [4.69, 9.17) is 5.11 Å². The Bertz CT molecular complexity index is 483. The molecule has 5 heteroatoms. The summed E-state index contributed by atoms with van der Waals surface area (Å²) < 4.78 is 13.4. The maximum Gasteiger partial charge on any atom is 0.246 e. The summed E-state index contributed by atoms with van der Waals surface area (Å²) in [5.41, 5.74) is 0.416. The first-order valence-corrected chi connectivity index (χ1v) is 6.75. The van der Waals surface area contributed by atoms with Gasteiger partial charge in [-0.1, -0.05) is 18.2 Å². The van der Waals surface area contributed by atoms with E-state index >= 15 is 0 Å². The van der Waals surface area contributed by atoms with Crippen LogP contribution in [-0.4, -0.2) is 60.1 Å². The third-order valence-corrected chi connectivity index (χ3v) is 3.41. The van der Waals surface area contributed by atoms with Crippen LogP contribution in [0.3, 0.4) is 0 Å². The van der Waals surface area contributed by atoms with Crippen molar-refractivity contribution in [2.45, 2.75) is 0 Å². The molecule has 0 aliphatic carbocycles. The average molecular weight is 278 g/mol. The Balaban J connectivity index is 1.88. The number of hydrogen-bond donors (Lipinski definition) is 1. The summed E-state index contributed by atoms with van der Waals surface area (Å²) in [5, 5.41) is 8.86. The van der Waals surface area contributed by atoms with Gasteiger partial charge in [0.1, 0.15) is 5.82 Å². The molecule has 0 unspecified atom stereocenters. The normalized spacial score (nSPS) is 16.8. The van der Waals surface area contributed by atoms with Gasteiger partial charge in [0, 0.05) is 44.4 Å². The van der Waals surface area contributed by atoms with Crippen molar-refractivity contribution in [3.8, 4) is 0 Å². The fraction of sp³-hybridized carbons (Fsp3) is 0.400. The summed E-state index contributed by atoms with van der Waals surface area (Å²) in [4.78, 5) is 15.9. The first-order chi connectivity index (χ1) is 9.70. The number of aliphatic hydroxyl groups is 1. The highest BCUT2D eigenvalue weighted by atomic mass is 19.1. The zero-order chi connectivity index (χ0) is 14.4. The third kappa shape index (κ3) is 3.88. The molecule has 20 heavy (non-hydrogen) atoms. The van der Waals surface area contributed by atoms with Crippen LogP contribution < -0.4 is 0 Å². The minimum atomic E-state index is -0.329. The number of benzene rings is 1. The third-order valence-electron chi connectivity index (χ3n) is 3.41. The number of nitrogens with zero attached hydrogens (tertiary/aromatic N) is 2. The van der Waals surface area contributed by atoms with Gasteiger partial charge in [-0.25, -0.2) is 4.39 Å². The lowest BCUT2D eigenvalue weighted by Gasteiger charge is -2.33. The number of piperazine rings is 1. The number of halogens is 1. The molecule has 1 amide bonds. The number of carbonyl (C=O) groups excluding carboxylic acids is 1. The molecular weight excluding hydrogens is 259 g/mol. The van der Waals surface area contributed by atoms with Crippen LogP contribution >= 0.6 is 0 Å². The summed E-state index contributed by atoms with van der Waals surface area (Å²) in [6.07, 6.45) is 2.93. The monoisotopic (exact) mass is 278 g/mol. The van der Waals surface area contributed by atoms with E-state index in [0.29, 0.717) is 25.2 Å². The number of amides is 1. The lowest BCUT2D eigenvalue weighted by molar-refractivity contribution is -0.127. The molecule has 1 fully saturated rings. The van der Waals surface area contributed by atoms with Crippen LogP contribution in [0, 0.1) is 5.82 Å². The van der Waals surface area contributed by atoms with Gasteiger partial charge in [-0.15, -0.1) is 0 Å². The van der Waals surface area contributed by atoms with E-state index in [1.165, 1.54) is 18.2 Å². The van der Waals surface area contributed by atoms with Crippen LogP contribution in [0.4, 0.5) is 4.39 Å². The van der Waals surface area contributed by atoms with Crippen LogP contribution in [0.1, 0.15) is 5.56 Å². The summed E-state index contributed by atoms with van der Waals surface area (Å²) in [7, 11) is 0. The van der Waals surface area contributed by atoms with Crippen LogP contribution in [-0.2, 0) is 4.79 Å². The molecule has 1 aliphatic rings. The Morgan fingerprint density at radius 2 is 1.95 bits per heavy atom. The number of hydrogen-bond acceptors (Lipinski definition) is 3. The van der Waals surface area contributed by atoms with Crippen LogP contribution in [0.5, 0.6) is 0 Å². The van der Waals surface area contributed by atoms with Gasteiger partial charge in [0.2, 0.25) is 5.91 Å². The van der Waals surface area contributed by atoms with Gasteiger partial charge >= 0.3 is 0 Å². The molecule has 2 rings (SSSR count). The quantitative estimate of drug-likeness (QED) is 0.835. The first kappa shape index (κ1) is 14.7. The minimum absolute atomic E-state index is 0.100. The highest BCUT2D eigenvalue weighted by Gasteiger charge is 2.18. The van der Waals surface area contributed by atoms with E-state index in [2.05, 4.69) is 4.90 Å². The molecule has 0 radical (unpaired) electrons. The molecule has 4 nitrogen and oxygen atoms in total. The largest absolute Gasteiger partial charge is 0.395 e. The molecule has 1 saturated heterocycles. The number of β-amino-alcohol motifs (C(OH)–C–C–N with tert-alkyl or cyclic N) is 1. The second kappa shape index (κ2) is 7.17. The van der Waals surface area contributed by atoms with Crippen molar-refractivity contribution >= 4 is 12.0 Å². The summed E-state index contributed by atoms with van der Waals surface area (Å²) >= 11 is 0. The maximum atomic E-state index is 13.4. The zero-order valence-corrected chi connectivity index (χ0v) is 11.3. The predicted molar refractivity (Wildman–Crippen MR) is 75.5 cm³/mol. The van der Waals surface area contributed by atoms with E-state index in [1.54, 1.807) is 23.1 Å². The summed E-state index contributed by atoms with van der Waals surface area (Å²) in [6, 6.07) is 6.37. The smallest absolute Gasteiger partial charge is 0.246 e. The lowest BCUT2D eigenvalue weighted by atomic mass is 10.2. The van der Waals surface area contributed by atoms with Gasteiger partial charge in [-0.3, -0.25) is 9.69 Å². The van der Waals surface area contributed by atoms with E-state index in [-0.39, 0.29) is 18.3 Å². The molecule has 108 valence electrons. The van der Waals surface area contributed by atoms with E-state index < -0.39 is 0 Å². The van der Waals surface area contributed by atoms with Crippen molar-refractivity contribution in [3.05, 3.63) is 41.7 Å². The predicted octanol–water partition coefficient (Wildman–Crippen LogP) is 0.975. The molecule has 0 bridgehead atoms. The van der Waals surface area contributed by atoms with Gasteiger partial charge in [-0.05, 0) is 12.1 Å². The Morgan fingerprint density at radius 3 is 2.60 bits per heavy atom. The Kier molecular flexibility index (Phi) is 5.26. The molecule has 0 aromatic heterocycles. The van der Waals surface area contributed by atoms with Crippen molar-refractivity contribution in [1.29, 1.82) is 0 Å². The van der Waals surface area contributed by atoms with E-state index in [9.17, 15) is 9.18 Å². The molecule has 1 N–H and O–H groups in total.